The van der Waals surface area contributed by atoms with Gasteiger partial charge in [0.1, 0.15) is 24.4 Å². The number of fused-ring (bicyclic) bond motifs is 1. The van der Waals surface area contributed by atoms with Gasteiger partial charge in [-0.15, -0.1) is 0 Å². The Balaban J connectivity index is 1.34. The maximum absolute atomic E-state index is 13.3. The van der Waals surface area contributed by atoms with Crippen molar-refractivity contribution in [1.82, 2.24) is 29.3 Å². The number of hydrogen-bond acceptors (Lipinski definition) is 8. The van der Waals surface area contributed by atoms with E-state index in [0.29, 0.717) is 24.9 Å². The fourth-order valence-corrected chi connectivity index (χ4v) is 4.75. The Morgan fingerprint density at radius 3 is 2.54 bits per heavy atom. The lowest BCUT2D eigenvalue weighted by atomic mass is 10.1. The monoisotopic (exact) mass is 557 g/mol. The maximum Gasteiger partial charge on any atom is 0.410 e. The molecule has 4 aromatic rings. The van der Waals surface area contributed by atoms with Gasteiger partial charge in [-0.3, -0.25) is 9.47 Å². The van der Waals surface area contributed by atoms with Crippen molar-refractivity contribution in [3.8, 4) is 5.82 Å². The van der Waals surface area contributed by atoms with Crippen molar-refractivity contribution in [2.45, 2.75) is 52.0 Å². The molecule has 3 heterocycles. The second-order valence-electron chi connectivity index (χ2n) is 11.0. The van der Waals surface area contributed by atoms with Crippen molar-refractivity contribution in [3.63, 3.8) is 0 Å². The molecular weight excluding hydrogens is 522 g/mol. The summed E-state index contributed by atoms with van der Waals surface area (Å²) in [6, 6.07) is 18.4. The molecule has 1 saturated heterocycles. The van der Waals surface area contributed by atoms with Crippen LogP contribution in [-0.2, 0) is 16.1 Å². The van der Waals surface area contributed by atoms with Gasteiger partial charge in [-0.25, -0.2) is 19.6 Å². The van der Waals surface area contributed by atoms with Crippen LogP contribution in [0.5, 0.6) is 0 Å². The van der Waals surface area contributed by atoms with E-state index < -0.39 is 23.8 Å². The molecule has 1 N–H and O–H groups in total. The molecular formula is C30H35N7O4. The molecule has 0 saturated carbocycles. The Kier molecular flexibility index (Phi) is 8.04. The number of ether oxygens (including phenoxy) is 2. The van der Waals surface area contributed by atoms with E-state index in [1.54, 1.807) is 22.3 Å². The highest BCUT2D eigenvalue weighted by molar-refractivity contribution is 5.76. The molecule has 2 aromatic heterocycles. The van der Waals surface area contributed by atoms with Crippen LogP contribution in [-0.4, -0.2) is 78.8 Å². The van der Waals surface area contributed by atoms with Crippen LogP contribution in [0, 0.1) is 0 Å². The number of carbonyl (C=O) groups is 2. The van der Waals surface area contributed by atoms with E-state index in [2.05, 4.69) is 15.3 Å². The molecule has 0 bridgehead atoms. The van der Waals surface area contributed by atoms with Gasteiger partial charge in [-0.1, -0.05) is 42.5 Å². The summed E-state index contributed by atoms with van der Waals surface area (Å²) in [4.78, 5) is 43.1. The third-order valence-electron chi connectivity index (χ3n) is 6.79. The highest BCUT2D eigenvalue weighted by Gasteiger charge is 2.38. The summed E-state index contributed by atoms with van der Waals surface area (Å²) in [6.45, 7) is 8.47. The standard InChI is InChI=1S/C30H35N7O4/c1-21(33-27-31-15-14-26(34-27)37-20-32-23-12-8-9-13-24(23)37)25-18-35(28(38)41-30(2,3)4)16-17-36(25)29(39)40-19-22-10-6-5-7-11-22/h5-15,20-21,25H,16-19H2,1-4H3,(H,31,33,34)/t21-,25-/m0/s1. The Bertz CT molecular complexity index is 1500. The van der Waals surface area contributed by atoms with Crippen molar-refractivity contribution in [1.29, 1.82) is 0 Å². The van der Waals surface area contributed by atoms with Crippen LogP contribution in [0.4, 0.5) is 15.5 Å². The largest absolute Gasteiger partial charge is 0.445 e. The quantitative estimate of drug-likeness (QED) is 0.357. The summed E-state index contributed by atoms with van der Waals surface area (Å²) in [5.41, 5.74) is 2.06. The number of nitrogens with one attached hydrogen (secondary N) is 1. The molecule has 2 atom stereocenters. The van der Waals surface area contributed by atoms with Crippen LogP contribution in [0.25, 0.3) is 16.9 Å². The van der Waals surface area contributed by atoms with Gasteiger partial charge in [0.15, 0.2) is 0 Å². The molecule has 1 fully saturated rings. The van der Waals surface area contributed by atoms with E-state index in [9.17, 15) is 9.59 Å². The van der Waals surface area contributed by atoms with Crippen molar-refractivity contribution >= 4 is 29.2 Å². The lowest BCUT2D eigenvalue weighted by Crippen LogP contribution is -2.61. The van der Waals surface area contributed by atoms with Gasteiger partial charge in [0.2, 0.25) is 5.95 Å². The smallest absolute Gasteiger partial charge is 0.410 e. The van der Waals surface area contributed by atoms with Crippen molar-refractivity contribution in [3.05, 3.63) is 78.8 Å². The van der Waals surface area contributed by atoms with E-state index in [4.69, 9.17) is 14.5 Å². The Morgan fingerprint density at radius 1 is 1.00 bits per heavy atom. The van der Waals surface area contributed by atoms with Gasteiger partial charge in [0.05, 0.1) is 17.1 Å². The molecule has 41 heavy (non-hydrogen) atoms. The van der Waals surface area contributed by atoms with Crippen LogP contribution >= 0.6 is 0 Å². The average molecular weight is 558 g/mol. The molecule has 1 aliphatic heterocycles. The summed E-state index contributed by atoms with van der Waals surface area (Å²) < 4.78 is 13.2. The SMILES string of the molecule is C[C@H](Nc1nccc(-n2cnc3ccccc32)n1)[C@@H]1CN(C(=O)OC(C)(C)C)CCN1C(=O)OCc1ccccc1. The number of benzene rings is 2. The average Bonchev–Trinajstić information content (AvgIpc) is 3.40. The molecule has 2 amide bonds. The third kappa shape index (κ3) is 6.74. The summed E-state index contributed by atoms with van der Waals surface area (Å²) in [6.07, 6.45) is 2.53. The maximum atomic E-state index is 13.3. The van der Waals surface area contributed by atoms with Crippen molar-refractivity contribution < 1.29 is 19.1 Å². The molecule has 11 heteroatoms. The number of para-hydroxylation sites is 2. The number of imidazole rings is 1. The van der Waals surface area contributed by atoms with Crippen LogP contribution < -0.4 is 5.32 Å². The first-order chi connectivity index (χ1) is 19.7. The molecule has 5 rings (SSSR count). The van der Waals surface area contributed by atoms with Gasteiger partial charge in [0, 0.05) is 31.9 Å². The van der Waals surface area contributed by atoms with Gasteiger partial charge in [-0.05, 0) is 51.5 Å². The van der Waals surface area contributed by atoms with Crippen molar-refractivity contribution in [2.75, 3.05) is 25.0 Å². The summed E-state index contributed by atoms with van der Waals surface area (Å²) in [5, 5.41) is 3.34. The highest BCUT2D eigenvalue weighted by Crippen LogP contribution is 2.21. The lowest BCUT2D eigenvalue weighted by molar-refractivity contribution is -0.000536. The topological polar surface area (TPSA) is 115 Å². The Labute approximate surface area is 239 Å². The normalized spacial score (nSPS) is 16.3. The van der Waals surface area contributed by atoms with E-state index >= 15 is 0 Å². The molecule has 2 aromatic carbocycles. The van der Waals surface area contributed by atoms with Gasteiger partial charge < -0.3 is 19.7 Å². The first-order valence-electron chi connectivity index (χ1n) is 13.7. The molecule has 0 radical (unpaired) electrons. The molecule has 0 spiro atoms. The summed E-state index contributed by atoms with van der Waals surface area (Å²) in [5.74, 6) is 1.04. The number of hydrogen-bond donors (Lipinski definition) is 1. The van der Waals surface area contributed by atoms with Gasteiger partial charge in [-0.2, -0.15) is 4.98 Å². The molecule has 1 aliphatic rings. The number of aromatic nitrogens is 4. The number of carbonyl (C=O) groups excluding carboxylic acids is 2. The predicted molar refractivity (Wildman–Crippen MR) is 155 cm³/mol. The second-order valence-corrected chi connectivity index (χ2v) is 11.0. The van der Waals surface area contributed by atoms with Crippen molar-refractivity contribution in [2.24, 2.45) is 0 Å². The van der Waals surface area contributed by atoms with Crippen LogP contribution in [0.15, 0.2) is 73.2 Å². The number of amides is 2. The predicted octanol–water partition coefficient (Wildman–Crippen LogP) is 4.87. The zero-order chi connectivity index (χ0) is 29.0. The van der Waals surface area contributed by atoms with Crippen LogP contribution in [0.2, 0.25) is 0 Å². The van der Waals surface area contributed by atoms with E-state index in [1.807, 2.05) is 92.9 Å². The number of rotatable bonds is 6. The van der Waals surface area contributed by atoms with Crippen LogP contribution in [0.1, 0.15) is 33.3 Å². The molecule has 11 nitrogen and oxygen atoms in total. The first kappa shape index (κ1) is 27.9. The Hall–Kier alpha value is -4.67. The second kappa shape index (κ2) is 11.8. The number of nitrogens with zero attached hydrogens (tertiary/aromatic N) is 6. The van der Waals surface area contributed by atoms with E-state index in [0.717, 1.165) is 16.6 Å². The molecule has 0 unspecified atom stereocenters. The van der Waals surface area contributed by atoms with Crippen LogP contribution in [0.3, 0.4) is 0 Å². The summed E-state index contributed by atoms with van der Waals surface area (Å²) >= 11 is 0. The number of anilines is 1. The fraction of sp³-hybridized carbons (Fsp3) is 0.367. The van der Waals surface area contributed by atoms with E-state index in [-0.39, 0.29) is 19.2 Å². The summed E-state index contributed by atoms with van der Waals surface area (Å²) in [7, 11) is 0. The van der Waals surface area contributed by atoms with Gasteiger partial charge in [0.25, 0.3) is 0 Å². The first-order valence-corrected chi connectivity index (χ1v) is 13.7. The lowest BCUT2D eigenvalue weighted by Gasteiger charge is -2.43. The Morgan fingerprint density at radius 2 is 1.76 bits per heavy atom. The highest BCUT2D eigenvalue weighted by atomic mass is 16.6. The molecule has 214 valence electrons. The minimum Gasteiger partial charge on any atom is -0.445 e. The molecule has 0 aliphatic carbocycles. The van der Waals surface area contributed by atoms with E-state index in [1.165, 1.54) is 0 Å². The minimum atomic E-state index is -0.631. The zero-order valence-electron chi connectivity index (χ0n) is 23.7. The zero-order valence-corrected chi connectivity index (χ0v) is 23.7. The minimum absolute atomic E-state index is 0.157. The number of piperazine rings is 1. The third-order valence-corrected chi connectivity index (χ3v) is 6.79. The fourth-order valence-electron chi connectivity index (χ4n) is 4.75. The van der Waals surface area contributed by atoms with Gasteiger partial charge >= 0.3 is 12.2 Å².